The topological polar surface area (TPSA) is 252 Å². The Kier molecular flexibility index (Phi) is 36.5. The standard InChI is InChI=1S/C29H33NO4.C28H31NO4.C25H24O4.C24H22O4/c1-21(29(32)33-4)20-27(22-8-6-5-7-9-22)28(23-10-14-25(31)15-11-23)24-12-16-26(17-13-24)34-19-18-30(2)3;1-29(2)19-20-33-25-15-11-23(12-16-25)28(22-9-13-24(30)14-10-22)26(17-18-27(31)32-3)21-7-5-4-6-8-21;1-17(25(28)29-2)16-23(18-6-4-3-5-7-18)24(19-8-12-21(26)13-9-19)20-10-14-22(27)15-11-20;1-28-23(27)16-15-22(17-5-3-2-4-6-17)24(18-7-11-20(25)12-8-18)19-9-13-21(26)14-10-19/h5-17,21,31H,18-20H2,1-4H3;4-16,30H,17-20H2,1-3H3;3-15,17,26-27H,16H2,1-2H3;2-14,25-26H,15-16H2,1H3/b28-27-;28-26-;;. The molecule has 0 aliphatic heterocycles. The molecule has 0 bridgehead atoms. The Balaban J connectivity index is 0.000000188. The second-order valence-corrected chi connectivity index (χ2v) is 29.9. The Morgan fingerprint density at radius 3 is 0.661 bits per heavy atom. The minimum Gasteiger partial charge on any atom is -0.508 e. The van der Waals surface area contributed by atoms with E-state index in [1.807, 2.05) is 273 Å². The third kappa shape index (κ3) is 28.5. The predicted molar refractivity (Wildman–Crippen MR) is 493 cm³/mol. The van der Waals surface area contributed by atoms with Gasteiger partial charge in [-0.2, -0.15) is 0 Å². The minimum absolute atomic E-state index is 0.183. The molecular weight excluding hydrogens is 1560 g/mol. The summed E-state index contributed by atoms with van der Waals surface area (Å²) in [5.74, 6) is 1.07. The van der Waals surface area contributed by atoms with Gasteiger partial charge in [-0.25, -0.2) is 0 Å². The van der Waals surface area contributed by atoms with Gasteiger partial charge in [-0.15, -0.1) is 0 Å². The molecule has 0 saturated heterocycles. The first-order valence-corrected chi connectivity index (χ1v) is 40.9. The van der Waals surface area contributed by atoms with Crippen molar-refractivity contribution in [2.75, 3.05) is 82.9 Å². The summed E-state index contributed by atoms with van der Waals surface area (Å²) in [7, 11) is 13.7. The number of benzene rings is 12. The molecule has 0 radical (unpaired) electrons. The lowest BCUT2D eigenvalue weighted by Gasteiger charge is -2.20. The molecule has 0 heterocycles. The first-order chi connectivity index (χ1) is 59.9. The van der Waals surface area contributed by atoms with Crippen LogP contribution in [0.3, 0.4) is 0 Å². The number of ether oxygens (including phenoxy) is 6. The van der Waals surface area contributed by atoms with E-state index in [0.717, 1.165) is 136 Å². The highest BCUT2D eigenvalue weighted by molar-refractivity contribution is 6.03. The molecule has 0 saturated carbocycles. The molecule has 12 aromatic rings. The van der Waals surface area contributed by atoms with Gasteiger partial charge in [-0.05, 0) is 262 Å². The van der Waals surface area contributed by atoms with E-state index in [1.54, 1.807) is 72.8 Å². The fourth-order valence-corrected chi connectivity index (χ4v) is 13.9. The SMILES string of the molecule is COC(=O)C(C)C/C(=C(\c1ccc(O)cc1)c1ccc(OCCN(C)C)cc1)c1ccccc1.COC(=O)C(C)CC(=C(c1ccc(O)cc1)c1ccc(O)cc1)c1ccccc1.COC(=O)CC/C(=C(\c1ccc(O)cc1)c1ccc(OCCN(C)C)cc1)c1ccccc1.COC(=O)CCC(=C(c1ccc(O)cc1)c1ccc(O)cc1)c1ccccc1. The van der Waals surface area contributed by atoms with Crippen LogP contribution in [0.5, 0.6) is 46.0 Å². The quantitative estimate of drug-likeness (QED) is 0.0130. The maximum absolute atomic E-state index is 12.3. The van der Waals surface area contributed by atoms with Crippen LogP contribution in [0.25, 0.3) is 44.6 Å². The van der Waals surface area contributed by atoms with E-state index in [2.05, 4.69) is 21.9 Å². The summed E-state index contributed by atoms with van der Waals surface area (Å²) in [6, 6.07) is 98.1. The molecule has 640 valence electrons. The van der Waals surface area contributed by atoms with Crippen LogP contribution < -0.4 is 9.47 Å². The summed E-state index contributed by atoms with van der Waals surface area (Å²) in [5.41, 5.74) is 19.5. The van der Waals surface area contributed by atoms with E-state index in [1.165, 1.54) is 28.4 Å². The third-order valence-corrected chi connectivity index (χ3v) is 20.4. The number of rotatable bonds is 32. The Hall–Kier alpha value is -14.2. The molecule has 0 aliphatic carbocycles. The van der Waals surface area contributed by atoms with Crippen molar-refractivity contribution < 1.29 is 78.2 Å². The second kappa shape index (κ2) is 48.3. The van der Waals surface area contributed by atoms with Gasteiger partial charge in [0.15, 0.2) is 0 Å². The van der Waals surface area contributed by atoms with E-state index in [4.69, 9.17) is 28.4 Å². The Bertz CT molecular complexity index is 5370. The zero-order valence-electron chi connectivity index (χ0n) is 71.9. The number of allylic oxidation sites excluding steroid dienone is 4. The van der Waals surface area contributed by atoms with Crippen LogP contribution in [-0.2, 0) is 38.1 Å². The summed E-state index contributed by atoms with van der Waals surface area (Å²) in [4.78, 5) is 52.4. The first kappa shape index (κ1) is 93.7. The number of hydrogen-bond acceptors (Lipinski definition) is 18. The number of phenols is 6. The fraction of sp³-hybridized carbons (Fsp3) is 0.208. The molecule has 2 unspecified atom stereocenters. The molecule has 0 aromatic heterocycles. The number of hydrogen-bond donors (Lipinski definition) is 6. The monoisotopic (exact) mass is 1670 g/mol. The van der Waals surface area contributed by atoms with Crippen molar-refractivity contribution >= 4 is 68.5 Å². The number of likely N-dealkylation sites (N-methyl/N-ethyl adjacent to an activating group) is 2. The highest BCUT2D eigenvalue weighted by Gasteiger charge is 2.25. The zero-order chi connectivity index (χ0) is 88.9. The van der Waals surface area contributed by atoms with Crippen LogP contribution in [-0.4, -0.2) is 147 Å². The molecular formula is C106H110N2O16. The van der Waals surface area contributed by atoms with E-state index in [-0.39, 0.29) is 83.1 Å². The molecule has 0 aliphatic rings. The number of phenolic OH excluding ortho intramolecular Hbond substituents is 6. The molecule has 18 heteroatoms. The van der Waals surface area contributed by atoms with Crippen molar-refractivity contribution in [3.63, 3.8) is 0 Å². The van der Waals surface area contributed by atoms with Crippen LogP contribution in [0, 0.1) is 11.8 Å². The lowest BCUT2D eigenvalue weighted by molar-refractivity contribution is -0.145. The molecule has 12 aromatic carbocycles. The van der Waals surface area contributed by atoms with Crippen molar-refractivity contribution in [2.24, 2.45) is 11.8 Å². The van der Waals surface area contributed by atoms with Crippen LogP contribution in [0.15, 0.2) is 315 Å². The maximum atomic E-state index is 12.3. The van der Waals surface area contributed by atoms with Gasteiger partial charge >= 0.3 is 23.9 Å². The molecule has 12 rings (SSSR count). The number of aromatic hydroxyl groups is 6. The highest BCUT2D eigenvalue weighted by Crippen LogP contribution is 2.43. The number of methoxy groups -OCH3 is 4. The van der Waals surface area contributed by atoms with Crippen LogP contribution in [0.1, 0.15) is 119 Å². The van der Waals surface area contributed by atoms with Gasteiger partial charge in [0.05, 0.1) is 40.3 Å². The summed E-state index contributed by atoms with van der Waals surface area (Å²) >= 11 is 0. The Labute approximate surface area is 727 Å². The normalized spacial score (nSPS) is 11.6. The summed E-state index contributed by atoms with van der Waals surface area (Å²) in [5, 5.41) is 58.6. The summed E-state index contributed by atoms with van der Waals surface area (Å²) in [6.45, 7) is 6.63. The molecule has 2 atom stereocenters. The van der Waals surface area contributed by atoms with Crippen LogP contribution in [0.4, 0.5) is 0 Å². The summed E-state index contributed by atoms with van der Waals surface area (Å²) < 4.78 is 31.4. The smallest absolute Gasteiger partial charge is 0.308 e. The predicted octanol–water partition coefficient (Wildman–Crippen LogP) is 21.0. The van der Waals surface area contributed by atoms with Crippen molar-refractivity contribution in [3.8, 4) is 46.0 Å². The molecule has 124 heavy (non-hydrogen) atoms. The Morgan fingerprint density at radius 2 is 0.460 bits per heavy atom. The number of esters is 4. The lowest BCUT2D eigenvalue weighted by atomic mass is 9.85. The van der Waals surface area contributed by atoms with Crippen molar-refractivity contribution in [3.05, 3.63) is 382 Å². The average Bonchev–Trinajstić information content (AvgIpc) is 0.814. The van der Waals surface area contributed by atoms with Gasteiger partial charge in [0.25, 0.3) is 0 Å². The van der Waals surface area contributed by atoms with Gasteiger partial charge < -0.3 is 68.9 Å². The van der Waals surface area contributed by atoms with Crippen molar-refractivity contribution in [1.29, 1.82) is 0 Å². The number of nitrogens with zero attached hydrogens (tertiary/aromatic N) is 2. The zero-order valence-corrected chi connectivity index (χ0v) is 71.9. The van der Waals surface area contributed by atoms with Gasteiger partial charge in [-0.3, -0.25) is 19.2 Å². The molecule has 18 nitrogen and oxygen atoms in total. The third-order valence-electron chi connectivity index (χ3n) is 20.4. The van der Waals surface area contributed by atoms with E-state index < -0.39 is 0 Å². The van der Waals surface area contributed by atoms with Gasteiger partial charge in [0.1, 0.15) is 59.2 Å². The summed E-state index contributed by atoms with van der Waals surface area (Å²) in [6.07, 6.45) is 2.53. The largest absolute Gasteiger partial charge is 0.508 e. The number of carbonyl (C=O) groups is 4. The first-order valence-electron chi connectivity index (χ1n) is 40.9. The van der Waals surface area contributed by atoms with Gasteiger partial charge in [-0.1, -0.05) is 232 Å². The van der Waals surface area contributed by atoms with E-state index in [0.29, 0.717) is 38.9 Å². The van der Waals surface area contributed by atoms with Gasteiger partial charge in [0.2, 0.25) is 0 Å². The molecule has 0 amide bonds. The lowest BCUT2D eigenvalue weighted by Crippen LogP contribution is -2.19. The van der Waals surface area contributed by atoms with E-state index in [9.17, 15) is 49.8 Å². The van der Waals surface area contributed by atoms with Crippen molar-refractivity contribution in [2.45, 2.75) is 52.4 Å². The molecule has 0 fully saturated rings. The molecule has 0 spiro atoms. The number of carbonyl (C=O) groups excluding carboxylic acids is 4. The van der Waals surface area contributed by atoms with Gasteiger partial charge in [0, 0.05) is 25.9 Å². The fourth-order valence-electron chi connectivity index (χ4n) is 13.9. The minimum atomic E-state index is -0.334. The van der Waals surface area contributed by atoms with Crippen LogP contribution in [0.2, 0.25) is 0 Å². The highest BCUT2D eigenvalue weighted by atomic mass is 16.5. The maximum Gasteiger partial charge on any atom is 0.308 e. The van der Waals surface area contributed by atoms with E-state index >= 15 is 0 Å². The second-order valence-electron chi connectivity index (χ2n) is 29.9. The van der Waals surface area contributed by atoms with Crippen molar-refractivity contribution in [1.82, 2.24) is 9.80 Å². The molecule has 6 N–H and O–H groups in total. The van der Waals surface area contributed by atoms with Crippen LogP contribution >= 0.6 is 0 Å². The average molecular weight is 1670 g/mol. The Morgan fingerprint density at radius 1 is 0.258 bits per heavy atom.